The van der Waals surface area contributed by atoms with Crippen LogP contribution in [0.3, 0.4) is 0 Å². The van der Waals surface area contributed by atoms with E-state index in [9.17, 15) is 19.2 Å². The predicted octanol–water partition coefficient (Wildman–Crippen LogP) is 3.28. The van der Waals surface area contributed by atoms with Crippen LogP contribution in [0.4, 0.5) is 0 Å². The first-order valence-corrected chi connectivity index (χ1v) is 16.5. The van der Waals surface area contributed by atoms with Crippen molar-refractivity contribution in [3.8, 4) is 0 Å². The van der Waals surface area contributed by atoms with Crippen LogP contribution in [-0.2, 0) is 24.0 Å². The third-order valence-electron chi connectivity index (χ3n) is 5.05. The van der Waals surface area contributed by atoms with Gasteiger partial charge in [-0.3, -0.25) is 14.4 Å². The first-order chi connectivity index (χ1) is 18.4. The van der Waals surface area contributed by atoms with Gasteiger partial charge in [0, 0.05) is 47.6 Å². The summed E-state index contributed by atoms with van der Waals surface area (Å²) in [6.07, 6.45) is 5.27. The van der Waals surface area contributed by atoms with Crippen LogP contribution in [-0.4, -0.2) is 58.9 Å². The molecular weight excluding hydrogens is 618 g/mol. The molecule has 0 aromatic carbocycles. The summed E-state index contributed by atoms with van der Waals surface area (Å²) in [7, 11) is 6.42. The maximum Gasteiger partial charge on any atom is 1.00 e. The Labute approximate surface area is 278 Å². The van der Waals surface area contributed by atoms with Gasteiger partial charge in [0.25, 0.3) is 11.8 Å². The largest absolute Gasteiger partial charge is 1.00 e. The Morgan fingerprint density at radius 3 is 1.68 bits per heavy atom. The molecule has 2 N–H and O–H groups in total. The minimum Gasteiger partial charge on any atom is -0.870 e. The van der Waals surface area contributed by atoms with Gasteiger partial charge in [-0.05, 0) is 86.4 Å². The molecule has 1 fully saturated rings. The van der Waals surface area contributed by atoms with Crippen molar-refractivity contribution in [3.05, 3.63) is 48.8 Å². The molecule has 0 radical (unpaired) electrons. The molecule has 10 nitrogen and oxygen atoms in total. The number of carboxylic acid groups (broad SMARTS) is 1. The number of carbonyl (C=O) groups is 4. The molecule has 0 saturated carbocycles. The Hall–Kier alpha value is -1.26. The quantitative estimate of drug-likeness (QED) is 0.191. The monoisotopic (exact) mass is 651 g/mol. The fraction of sp³-hybridized carbons (Fsp3) is 0.462. The second kappa shape index (κ2) is 19.8. The van der Waals surface area contributed by atoms with Crippen LogP contribution in [0.1, 0.15) is 66.2 Å². The molecule has 2 aromatic heterocycles. The standard InChI is InChI=1S/C15H18N2O4S2.C11H15NO2S2.Na.H2O/c1-15(2,23-22-11-5-3-4-10-16-11)9-8-14(20)21-17-12(18)6-7-13(17)19;1-11(2,7-6-10(13)14)16-15-9-5-3-4-8-12-9;;/h3-5,10H,6-9H2,1-2H3;3-5,8H,6-7H2,1-2H3,(H,13,14);;1H2/q;;+1;/p-1. The summed E-state index contributed by atoms with van der Waals surface area (Å²) < 4.78 is -0.235. The van der Waals surface area contributed by atoms with Gasteiger partial charge in [0.05, 0.1) is 0 Å². The number of hydrogen-bond donors (Lipinski definition) is 1. The number of aromatic nitrogens is 2. The van der Waals surface area contributed by atoms with Crippen molar-refractivity contribution in [2.24, 2.45) is 0 Å². The molecule has 2 aromatic rings. The van der Waals surface area contributed by atoms with Gasteiger partial charge in [-0.15, -0.1) is 5.06 Å². The van der Waals surface area contributed by atoms with Crippen LogP contribution < -0.4 is 29.6 Å². The smallest absolute Gasteiger partial charge is 0.870 e. The van der Waals surface area contributed by atoms with Gasteiger partial charge in [0.1, 0.15) is 10.1 Å². The van der Waals surface area contributed by atoms with Crippen molar-refractivity contribution >= 4 is 66.9 Å². The van der Waals surface area contributed by atoms with Gasteiger partial charge in [-0.25, -0.2) is 14.8 Å². The molecule has 220 valence electrons. The molecule has 0 atom stereocenters. The number of pyridine rings is 2. The molecule has 0 aliphatic carbocycles. The summed E-state index contributed by atoms with van der Waals surface area (Å²) in [5, 5.41) is 11.1. The average molecular weight is 652 g/mol. The van der Waals surface area contributed by atoms with Crippen molar-refractivity contribution in [3.63, 3.8) is 0 Å². The van der Waals surface area contributed by atoms with Crippen molar-refractivity contribution in [1.29, 1.82) is 0 Å². The predicted molar refractivity (Wildman–Crippen MR) is 159 cm³/mol. The van der Waals surface area contributed by atoms with Crippen LogP contribution in [0, 0.1) is 0 Å². The Kier molecular flexibility index (Phi) is 19.2. The second-order valence-corrected chi connectivity index (χ2v) is 15.3. The first kappa shape index (κ1) is 39.7. The van der Waals surface area contributed by atoms with Gasteiger partial charge < -0.3 is 15.4 Å². The number of carboxylic acids is 1. The molecular formula is C26H34N3NaO7S4. The van der Waals surface area contributed by atoms with Gasteiger partial charge in [0.15, 0.2) is 0 Å². The van der Waals surface area contributed by atoms with E-state index in [1.165, 1.54) is 0 Å². The number of imide groups is 1. The molecule has 0 unspecified atom stereocenters. The summed E-state index contributed by atoms with van der Waals surface area (Å²) in [6, 6.07) is 11.5. The van der Waals surface area contributed by atoms with E-state index >= 15 is 0 Å². The fourth-order valence-corrected chi connectivity index (χ4v) is 7.23. The van der Waals surface area contributed by atoms with E-state index in [1.54, 1.807) is 55.6 Å². The normalized spacial score (nSPS) is 12.9. The average Bonchev–Trinajstić information content (AvgIpc) is 3.22. The third-order valence-corrected chi connectivity index (χ3v) is 11.6. The Morgan fingerprint density at radius 2 is 1.29 bits per heavy atom. The van der Waals surface area contributed by atoms with Crippen molar-refractivity contribution in [1.82, 2.24) is 15.0 Å². The van der Waals surface area contributed by atoms with E-state index in [4.69, 9.17) is 9.94 Å². The van der Waals surface area contributed by atoms with Crippen LogP contribution in [0.2, 0.25) is 0 Å². The number of hydroxylamine groups is 2. The van der Waals surface area contributed by atoms with Crippen LogP contribution in [0.5, 0.6) is 0 Å². The molecule has 1 aliphatic heterocycles. The number of hydrogen-bond acceptors (Lipinski definition) is 12. The Balaban J connectivity index is 0.000000789. The zero-order valence-corrected chi connectivity index (χ0v) is 29.0. The van der Waals surface area contributed by atoms with Crippen molar-refractivity contribution < 1.29 is 64.2 Å². The zero-order valence-electron chi connectivity index (χ0n) is 23.8. The second-order valence-electron chi connectivity index (χ2n) is 9.63. The molecule has 0 bridgehead atoms. The maximum atomic E-state index is 11.8. The van der Waals surface area contributed by atoms with E-state index in [-0.39, 0.29) is 70.2 Å². The van der Waals surface area contributed by atoms with Gasteiger partial charge in [0.2, 0.25) is 0 Å². The summed E-state index contributed by atoms with van der Waals surface area (Å²) in [4.78, 5) is 58.4. The van der Waals surface area contributed by atoms with Crippen molar-refractivity contribution in [2.75, 3.05) is 0 Å². The van der Waals surface area contributed by atoms with E-state index in [2.05, 4.69) is 23.8 Å². The van der Waals surface area contributed by atoms with E-state index in [0.717, 1.165) is 10.1 Å². The number of rotatable bonds is 13. The van der Waals surface area contributed by atoms with E-state index in [0.29, 0.717) is 17.9 Å². The van der Waals surface area contributed by atoms with Crippen LogP contribution in [0.15, 0.2) is 58.8 Å². The Morgan fingerprint density at radius 1 is 0.854 bits per heavy atom. The van der Waals surface area contributed by atoms with Gasteiger partial charge in [-0.1, -0.05) is 33.7 Å². The fourth-order valence-electron chi connectivity index (χ4n) is 2.80. The molecule has 0 spiro atoms. The summed E-state index contributed by atoms with van der Waals surface area (Å²) in [5.41, 5.74) is 0. The van der Waals surface area contributed by atoms with Crippen LogP contribution in [0.25, 0.3) is 0 Å². The minimum absolute atomic E-state index is 0. The van der Waals surface area contributed by atoms with E-state index in [1.807, 2.05) is 50.2 Å². The number of aliphatic carboxylic acids is 1. The summed E-state index contributed by atoms with van der Waals surface area (Å²) in [6.45, 7) is 8.15. The maximum absolute atomic E-state index is 11.8. The van der Waals surface area contributed by atoms with Crippen molar-refractivity contribution in [2.45, 2.75) is 85.8 Å². The Bertz CT molecular complexity index is 1100. The molecule has 1 saturated heterocycles. The SMILES string of the molecule is CC(C)(CCC(=O)O)SSc1ccccn1.CC(C)(CCC(=O)ON1C(=O)CCC1=O)SSc1ccccn1.[Na+].[OH-]. The van der Waals surface area contributed by atoms with E-state index < -0.39 is 23.8 Å². The number of amides is 2. The third kappa shape index (κ3) is 16.8. The summed E-state index contributed by atoms with van der Waals surface area (Å²) >= 11 is 0. The minimum atomic E-state index is -0.739. The van der Waals surface area contributed by atoms with Gasteiger partial charge in [-0.2, -0.15) is 0 Å². The van der Waals surface area contributed by atoms with Gasteiger partial charge >= 0.3 is 41.5 Å². The molecule has 1 aliphatic rings. The number of carbonyl (C=O) groups excluding carboxylic acids is 3. The topological polar surface area (TPSA) is 157 Å². The molecule has 15 heteroatoms. The molecule has 2 amide bonds. The zero-order chi connectivity index (χ0) is 28.9. The summed E-state index contributed by atoms with van der Waals surface area (Å²) in [5.74, 6) is -2.22. The molecule has 41 heavy (non-hydrogen) atoms. The molecule has 3 rings (SSSR count). The van der Waals surface area contributed by atoms with Crippen LogP contribution >= 0.6 is 43.2 Å². The molecule has 3 heterocycles. The first-order valence-electron chi connectivity index (χ1n) is 12.2. The number of nitrogens with zero attached hydrogens (tertiary/aromatic N) is 3.